The first-order valence-corrected chi connectivity index (χ1v) is 8.52. The topological polar surface area (TPSA) is 36.9 Å². The summed E-state index contributed by atoms with van der Waals surface area (Å²) < 4.78 is 32.6. The fourth-order valence-electron chi connectivity index (χ4n) is 3.70. The summed E-state index contributed by atoms with van der Waals surface area (Å²) in [6.45, 7) is 3.89. The van der Waals surface area contributed by atoms with Crippen molar-refractivity contribution in [3.63, 3.8) is 0 Å². The van der Waals surface area contributed by atoms with Crippen LogP contribution in [-0.4, -0.2) is 49.1 Å². The van der Waals surface area contributed by atoms with Crippen molar-refractivity contribution in [3.8, 4) is 5.75 Å². The first kappa shape index (κ1) is 15.7. The second-order valence-electron chi connectivity index (χ2n) is 6.53. The molecule has 2 aliphatic heterocycles. The summed E-state index contributed by atoms with van der Waals surface area (Å²) in [5.41, 5.74) is 1.01. The standard InChI is InChI=1S/C18H21F2N3O/c19-13-9-14(20)11-15(10-13)24-16-3-1-12-2-4-17(22-18(12)16)23-7-5-21-6-8-23/h2,4,9-12,16-17,21H,1,3,5-8H2/t12?,16-,17?/m1/s1. The van der Waals surface area contributed by atoms with Crippen LogP contribution in [0.25, 0.3) is 0 Å². The van der Waals surface area contributed by atoms with Crippen LogP contribution >= 0.6 is 0 Å². The van der Waals surface area contributed by atoms with E-state index in [2.05, 4.69) is 22.4 Å². The molecule has 1 N–H and O–H groups in total. The molecule has 24 heavy (non-hydrogen) atoms. The van der Waals surface area contributed by atoms with E-state index in [1.165, 1.54) is 12.1 Å². The smallest absolute Gasteiger partial charge is 0.137 e. The monoisotopic (exact) mass is 333 g/mol. The number of nitrogens with zero attached hydrogens (tertiary/aromatic N) is 2. The highest BCUT2D eigenvalue weighted by atomic mass is 19.1. The van der Waals surface area contributed by atoms with Crippen molar-refractivity contribution in [2.75, 3.05) is 26.2 Å². The summed E-state index contributed by atoms with van der Waals surface area (Å²) in [6.07, 6.45) is 6.01. The van der Waals surface area contributed by atoms with Crippen molar-refractivity contribution in [1.82, 2.24) is 10.2 Å². The molecule has 3 atom stereocenters. The molecule has 1 aromatic carbocycles. The lowest BCUT2D eigenvalue weighted by Gasteiger charge is -2.33. The van der Waals surface area contributed by atoms with E-state index < -0.39 is 11.6 Å². The van der Waals surface area contributed by atoms with Gasteiger partial charge in [-0.1, -0.05) is 6.08 Å². The van der Waals surface area contributed by atoms with Crippen LogP contribution in [0.5, 0.6) is 5.75 Å². The maximum absolute atomic E-state index is 13.4. The summed E-state index contributed by atoms with van der Waals surface area (Å²) in [5.74, 6) is -0.728. The number of fused-ring (bicyclic) bond motifs is 1. The molecule has 4 nitrogen and oxygen atoms in total. The Morgan fingerprint density at radius 1 is 1.04 bits per heavy atom. The van der Waals surface area contributed by atoms with Crippen molar-refractivity contribution < 1.29 is 13.5 Å². The molecule has 1 saturated carbocycles. The van der Waals surface area contributed by atoms with Gasteiger partial charge in [-0.25, -0.2) is 8.78 Å². The van der Waals surface area contributed by atoms with Crippen LogP contribution in [0.2, 0.25) is 0 Å². The van der Waals surface area contributed by atoms with Crippen LogP contribution in [0.4, 0.5) is 8.78 Å². The minimum atomic E-state index is -0.622. The normalized spacial score (nSPS) is 30.1. The first-order valence-electron chi connectivity index (χ1n) is 8.52. The zero-order valence-corrected chi connectivity index (χ0v) is 13.4. The number of rotatable bonds is 3. The van der Waals surface area contributed by atoms with Crippen molar-refractivity contribution in [2.24, 2.45) is 10.9 Å². The van der Waals surface area contributed by atoms with Crippen molar-refractivity contribution in [2.45, 2.75) is 25.1 Å². The molecule has 0 amide bonds. The number of allylic oxidation sites excluding steroid dienone is 1. The third-order valence-corrected chi connectivity index (χ3v) is 4.89. The number of ether oxygens (including phenoxy) is 1. The number of benzene rings is 1. The number of dihydropyridines is 1. The lowest BCUT2D eigenvalue weighted by molar-refractivity contribution is 0.203. The third-order valence-electron chi connectivity index (χ3n) is 4.89. The Balaban J connectivity index is 1.51. The van der Waals surface area contributed by atoms with Gasteiger partial charge in [0.2, 0.25) is 0 Å². The van der Waals surface area contributed by atoms with Crippen molar-refractivity contribution >= 4 is 5.71 Å². The molecule has 128 valence electrons. The van der Waals surface area contributed by atoms with E-state index in [-0.39, 0.29) is 23.9 Å². The van der Waals surface area contributed by atoms with Gasteiger partial charge in [0.25, 0.3) is 0 Å². The summed E-state index contributed by atoms with van der Waals surface area (Å²) in [6, 6.07) is 3.30. The Morgan fingerprint density at radius 3 is 2.54 bits per heavy atom. The maximum Gasteiger partial charge on any atom is 0.137 e. The van der Waals surface area contributed by atoms with E-state index in [1.807, 2.05) is 0 Å². The van der Waals surface area contributed by atoms with Gasteiger partial charge >= 0.3 is 0 Å². The third kappa shape index (κ3) is 3.21. The fourth-order valence-corrected chi connectivity index (χ4v) is 3.70. The molecule has 3 aliphatic rings. The van der Waals surface area contributed by atoms with Gasteiger partial charge in [0.05, 0.1) is 5.71 Å². The van der Waals surface area contributed by atoms with E-state index in [4.69, 9.17) is 9.73 Å². The largest absolute Gasteiger partial charge is 0.484 e. The van der Waals surface area contributed by atoms with Crippen LogP contribution in [-0.2, 0) is 0 Å². The Labute approximate surface area is 140 Å². The maximum atomic E-state index is 13.4. The van der Waals surface area contributed by atoms with Gasteiger partial charge in [0.15, 0.2) is 0 Å². The average Bonchev–Trinajstić information content (AvgIpc) is 2.97. The second kappa shape index (κ2) is 6.61. The highest BCUT2D eigenvalue weighted by molar-refractivity contribution is 5.95. The van der Waals surface area contributed by atoms with E-state index in [0.717, 1.165) is 50.8 Å². The Bertz CT molecular complexity index is 650. The quantitative estimate of drug-likeness (QED) is 0.863. The molecule has 0 radical (unpaired) electrons. The van der Waals surface area contributed by atoms with Crippen LogP contribution < -0.4 is 10.1 Å². The van der Waals surface area contributed by atoms with Crippen LogP contribution in [0, 0.1) is 17.6 Å². The summed E-state index contributed by atoms with van der Waals surface area (Å²) >= 11 is 0. The minimum Gasteiger partial charge on any atom is -0.484 e. The van der Waals surface area contributed by atoms with Crippen LogP contribution in [0.15, 0.2) is 35.3 Å². The molecule has 4 rings (SSSR count). The predicted octanol–water partition coefficient (Wildman–Crippen LogP) is 2.36. The number of nitrogens with one attached hydrogen (secondary N) is 1. The molecule has 6 heteroatoms. The number of piperazine rings is 1. The zero-order valence-electron chi connectivity index (χ0n) is 13.4. The zero-order chi connectivity index (χ0) is 16.5. The van der Waals surface area contributed by atoms with E-state index in [9.17, 15) is 8.78 Å². The summed E-state index contributed by atoms with van der Waals surface area (Å²) in [7, 11) is 0. The van der Waals surface area contributed by atoms with Gasteiger partial charge < -0.3 is 10.1 Å². The fraction of sp³-hybridized carbons (Fsp3) is 0.500. The molecule has 0 bridgehead atoms. The van der Waals surface area contributed by atoms with Crippen molar-refractivity contribution in [3.05, 3.63) is 42.0 Å². The predicted molar refractivity (Wildman–Crippen MR) is 88.3 cm³/mol. The van der Waals surface area contributed by atoms with E-state index in [0.29, 0.717) is 0 Å². The molecule has 0 spiro atoms. The highest BCUT2D eigenvalue weighted by Crippen LogP contribution is 2.32. The molecular weight excluding hydrogens is 312 g/mol. The van der Waals surface area contributed by atoms with Gasteiger partial charge in [-0.3, -0.25) is 9.89 Å². The number of hydrogen-bond donors (Lipinski definition) is 1. The summed E-state index contributed by atoms with van der Waals surface area (Å²) in [5, 5.41) is 3.34. The Morgan fingerprint density at radius 2 is 1.79 bits per heavy atom. The van der Waals surface area contributed by atoms with Crippen LogP contribution in [0.1, 0.15) is 12.8 Å². The molecule has 1 aromatic rings. The molecule has 2 heterocycles. The van der Waals surface area contributed by atoms with Gasteiger partial charge in [-0.05, 0) is 18.9 Å². The van der Waals surface area contributed by atoms with Gasteiger partial charge in [0, 0.05) is 50.3 Å². The molecule has 0 aromatic heterocycles. The van der Waals surface area contributed by atoms with Crippen molar-refractivity contribution in [1.29, 1.82) is 0 Å². The number of halogens is 2. The average molecular weight is 333 g/mol. The van der Waals surface area contributed by atoms with Crippen LogP contribution in [0.3, 0.4) is 0 Å². The molecule has 1 aliphatic carbocycles. The minimum absolute atomic E-state index is 0.0480. The lowest BCUT2D eigenvalue weighted by Crippen LogP contribution is -2.48. The Kier molecular flexibility index (Phi) is 4.33. The second-order valence-corrected chi connectivity index (χ2v) is 6.53. The SMILES string of the molecule is Fc1cc(F)cc(O[C@@H]2CCC3C=CC(N4CCNCC4)N=C32)c1. The van der Waals surface area contributed by atoms with Gasteiger partial charge in [-0.15, -0.1) is 0 Å². The van der Waals surface area contributed by atoms with E-state index >= 15 is 0 Å². The van der Waals surface area contributed by atoms with Gasteiger partial charge in [-0.2, -0.15) is 0 Å². The first-order chi connectivity index (χ1) is 11.7. The number of aliphatic imine (C=N–C) groups is 1. The molecule has 2 fully saturated rings. The number of hydrogen-bond acceptors (Lipinski definition) is 4. The lowest BCUT2D eigenvalue weighted by atomic mass is 10.0. The molecular formula is C18H21F2N3O. The van der Waals surface area contributed by atoms with E-state index in [1.54, 1.807) is 0 Å². The van der Waals surface area contributed by atoms with Gasteiger partial charge in [0.1, 0.15) is 29.7 Å². The molecule has 1 saturated heterocycles. The Hall–Kier alpha value is -1.79. The summed E-state index contributed by atoms with van der Waals surface area (Å²) in [4.78, 5) is 7.25. The molecule has 2 unspecified atom stereocenters. The highest BCUT2D eigenvalue weighted by Gasteiger charge is 2.36.